The fourth-order valence-electron chi connectivity index (χ4n) is 6.83. The number of thiazole rings is 1. The van der Waals surface area contributed by atoms with Crippen LogP contribution in [0, 0.1) is 17.7 Å². The molecule has 1 aromatic carbocycles. The van der Waals surface area contributed by atoms with E-state index in [-0.39, 0.29) is 41.3 Å². The van der Waals surface area contributed by atoms with E-state index in [1.807, 2.05) is 4.90 Å². The first kappa shape index (κ1) is 28.7. The molecule has 0 amide bonds. The molecule has 1 N–H and O–H groups in total. The van der Waals surface area contributed by atoms with E-state index < -0.39 is 39.7 Å². The monoisotopic (exact) mass is 650 g/mol. The van der Waals surface area contributed by atoms with Crippen LogP contribution in [0.2, 0.25) is 5.02 Å². The molecule has 7 rings (SSSR count). The summed E-state index contributed by atoms with van der Waals surface area (Å²) >= 11 is 7.85. The normalized spacial score (nSPS) is 27.3. The largest absolute Gasteiger partial charge is 0.333 e. The number of benzene rings is 1. The van der Waals surface area contributed by atoms with Crippen molar-refractivity contribution >= 4 is 50.2 Å². The highest BCUT2D eigenvalue weighted by Gasteiger charge is 2.47. The van der Waals surface area contributed by atoms with E-state index >= 15 is 0 Å². The number of nitrogens with zero attached hydrogens (tertiary/aromatic N) is 5. The SMILES string of the molecule is O=C1C2CC[C@H]1C[C@H](S(=O)(=O)N[C@H]1CC3=C(c4ccn(C(F)F)n4)[C@H](c4ccc(F)cc4Cl)N=C(c4nccs4)N3C1)C2. The van der Waals surface area contributed by atoms with Crippen molar-refractivity contribution in [1.82, 2.24) is 24.4 Å². The average Bonchev–Trinajstić information content (AvgIpc) is 3.75. The van der Waals surface area contributed by atoms with Gasteiger partial charge in [-0.25, -0.2) is 27.2 Å². The summed E-state index contributed by atoms with van der Waals surface area (Å²) in [4.78, 5) is 23.7. The first-order valence-electron chi connectivity index (χ1n) is 13.9. The molecule has 1 unspecified atom stereocenters. The summed E-state index contributed by atoms with van der Waals surface area (Å²) in [7, 11) is -3.78. The number of Topliss-reactive ketones (excluding diaryl/α,β-unsaturated/α-hetero) is 1. The van der Waals surface area contributed by atoms with Crippen LogP contribution in [0.5, 0.6) is 0 Å². The van der Waals surface area contributed by atoms with Crippen molar-refractivity contribution in [2.75, 3.05) is 6.54 Å². The van der Waals surface area contributed by atoms with E-state index in [0.717, 1.165) is 25.1 Å². The number of rotatable bonds is 7. The summed E-state index contributed by atoms with van der Waals surface area (Å²) < 4.78 is 71.9. The molecule has 9 nitrogen and oxygen atoms in total. The zero-order chi connectivity index (χ0) is 30.0. The smallest absolute Gasteiger partial charge is 0.326 e. The lowest BCUT2D eigenvalue weighted by Crippen LogP contribution is -2.46. The van der Waals surface area contributed by atoms with Crippen LogP contribution in [0.4, 0.5) is 13.2 Å². The second kappa shape index (κ2) is 10.8. The zero-order valence-electron chi connectivity index (χ0n) is 22.5. The molecule has 1 saturated heterocycles. The van der Waals surface area contributed by atoms with Gasteiger partial charge in [0.1, 0.15) is 17.6 Å². The molecule has 2 aliphatic heterocycles. The number of sulfonamides is 1. The van der Waals surface area contributed by atoms with Gasteiger partial charge in [-0.05, 0) is 43.9 Å². The maximum atomic E-state index is 14.0. The van der Waals surface area contributed by atoms with Gasteiger partial charge in [-0.3, -0.25) is 9.79 Å². The van der Waals surface area contributed by atoms with E-state index in [9.17, 15) is 26.4 Å². The Morgan fingerprint density at radius 1 is 1.14 bits per heavy atom. The topological polar surface area (TPSA) is 110 Å². The summed E-state index contributed by atoms with van der Waals surface area (Å²) in [5.41, 5.74) is 1.77. The lowest BCUT2D eigenvalue weighted by molar-refractivity contribution is -0.125. The van der Waals surface area contributed by atoms with Gasteiger partial charge in [0.15, 0.2) is 10.8 Å². The van der Waals surface area contributed by atoms with Crippen molar-refractivity contribution in [1.29, 1.82) is 0 Å². The minimum absolute atomic E-state index is 0.101. The fraction of sp³-hybridized carbons (Fsp3) is 0.429. The van der Waals surface area contributed by atoms with Crippen molar-refractivity contribution in [3.63, 3.8) is 0 Å². The van der Waals surface area contributed by atoms with Gasteiger partial charge in [-0.15, -0.1) is 11.3 Å². The third-order valence-corrected chi connectivity index (χ3v) is 11.8. The van der Waals surface area contributed by atoms with Crippen LogP contribution in [0.15, 0.2) is 52.7 Å². The highest BCUT2D eigenvalue weighted by Crippen LogP contribution is 2.47. The Labute approximate surface area is 254 Å². The molecule has 2 aromatic heterocycles. The number of fused-ring (bicyclic) bond motifs is 3. The number of nitrogens with one attached hydrogen (secondary N) is 1. The molecular formula is C28H26ClF3N6O3S2. The minimum atomic E-state index is -3.78. The molecule has 226 valence electrons. The third kappa shape index (κ3) is 5.11. The van der Waals surface area contributed by atoms with Crippen LogP contribution in [0.3, 0.4) is 0 Å². The predicted octanol–water partition coefficient (Wildman–Crippen LogP) is 5.19. The number of amidine groups is 1. The molecule has 4 aliphatic rings. The van der Waals surface area contributed by atoms with Crippen molar-refractivity contribution in [3.05, 3.63) is 74.8 Å². The number of hydrogen-bond donors (Lipinski definition) is 1. The zero-order valence-corrected chi connectivity index (χ0v) is 24.9. The standard InChI is InChI=1S/C28H26ClF3N6O3S2/c29-20-11-16(30)3-4-19(20)24-23(21-5-7-38(35-21)28(31)32)22-12-17(13-37(22)26(34-24)27-33-6-8-42-27)36-43(40,41)18-9-14-1-2-15(10-18)25(14)39/h3-8,11,14-15,17-18,24,28,36H,1-2,9-10,12-13H2/t14-,15?,17-,18-,24-/m0/s1. The van der Waals surface area contributed by atoms with Crippen molar-refractivity contribution in [3.8, 4) is 0 Å². The molecule has 3 fully saturated rings. The van der Waals surface area contributed by atoms with Crippen molar-refractivity contribution in [2.45, 2.75) is 56.0 Å². The number of hydrogen-bond acceptors (Lipinski definition) is 8. The summed E-state index contributed by atoms with van der Waals surface area (Å²) in [6.45, 7) is -2.66. The first-order valence-corrected chi connectivity index (χ1v) is 16.7. The molecule has 2 bridgehead atoms. The molecule has 0 radical (unpaired) electrons. The minimum Gasteiger partial charge on any atom is -0.326 e. The van der Waals surface area contributed by atoms with Gasteiger partial charge in [-0.1, -0.05) is 17.7 Å². The Morgan fingerprint density at radius 2 is 1.91 bits per heavy atom. The molecule has 2 saturated carbocycles. The summed E-state index contributed by atoms with van der Waals surface area (Å²) in [6, 6.07) is 3.94. The highest BCUT2D eigenvalue weighted by atomic mass is 35.5. The van der Waals surface area contributed by atoms with Crippen LogP contribution in [0.1, 0.15) is 61.0 Å². The number of halogens is 4. The molecule has 15 heteroatoms. The second-order valence-corrected chi connectivity index (χ2v) is 14.6. The van der Waals surface area contributed by atoms with E-state index in [0.29, 0.717) is 45.2 Å². The van der Waals surface area contributed by atoms with Crippen molar-refractivity contribution in [2.24, 2.45) is 16.8 Å². The Hall–Kier alpha value is -3.07. The van der Waals surface area contributed by atoms with E-state index in [4.69, 9.17) is 16.6 Å². The van der Waals surface area contributed by atoms with Crippen LogP contribution < -0.4 is 4.72 Å². The Bertz CT molecular complexity index is 1740. The lowest BCUT2D eigenvalue weighted by Gasteiger charge is -2.32. The number of ketones is 1. The molecule has 3 aromatic rings. The van der Waals surface area contributed by atoms with E-state index in [1.165, 1.54) is 29.5 Å². The lowest BCUT2D eigenvalue weighted by atomic mass is 9.87. The maximum absolute atomic E-state index is 14.0. The summed E-state index contributed by atoms with van der Waals surface area (Å²) in [5, 5.41) is 5.92. The van der Waals surface area contributed by atoms with Gasteiger partial charge in [0.25, 0.3) is 0 Å². The number of aliphatic imine (C=N–C) groups is 1. The predicted molar refractivity (Wildman–Crippen MR) is 155 cm³/mol. The van der Waals surface area contributed by atoms with Crippen LogP contribution >= 0.6 is 22.9 Å². The number of alkyl halides is 2. The van der Waals surface area contributed by atoms with Crippen LogP contribution in [-0.4, -0.2) is 57.5 Å². The molecule has 2 aliphatic carbocycles. The Balaban J connectivity index is 1.30. The molecule has 43 heavy (non-hydrogen) atoms. The van der Waals surface area contributed by atoms with Gasteiger partial charge in [-0.2, -0.15) is 13.9 Å². The maximum Gasteiger partial charge on any atom is 0.333 e. The average molecular weight is 651 g/mol. The van der Waals surface area contributed by atoms with Gasteiger partial charge in [0, 0.05) is 70.5 Å². The second-order valence-electron chi connectivity index (χ2n) is 11.3. The van der Waals surface area contributed by atoms with E-state index in [1.54, 1.807) is 11.6 Å². The van der Waals surface area contributed by atoms with Gasteiger partial charge < -0.3 is 4.90 Å². The Kier molecular flexibility index (Phi) is 7.22. The Morgan fingerprint density at radius 3 is 2.56 bits per heavy atom. The quantitative estimate of drug-likeness (QED) is 0.377. The van der Waals surface area contributed by atoms with Gasteiger partial charge in [0.2, 0.25) is 10.0 Å². The number of carbonyl (C=O) groups excluding carboxylic acids is 1. The van der Waals surface area contributed by atoms with Crippen LogP contribution in [-0.2, 0) is 14.8 Å². The molecule has 0 spiro atoms. The molecular weight excluding hydrogens is 625 g/mol. The third-order valence-electron chi connectivity index (χ3n) is 8.76. The summed E-state index contributed by atoms with van der Waals surface area (Å²) in [6.07, 6.45) is 5.10. The number of carbonyl (C=O) groups is 1. The fourth-order valence-corrected chi connectivity index (χ4v) is 9.53. The van der Waals surface area contributed by atoms with Gasteiger partial charge >= 0.3 is 6.55 Å². The number of aromatic nitrogens is 3. The first-order chi connectivity index (χ1) is 20.6. The highest BCUT2D eigenvalue weighted by molar-refractivity contribution is 7.90. The molecule has 5 atom stereocenters. The summed E-state index contributed by atoms with van der Waals surface area (Å²) in [5.74, 6) is -0.314. The molecule has 4 heterocycles. The van der Waals surface area contributed by atoms with Gasteiger partial charge in [0.05, 0.1) is 10.9 Å². The van der Waals surface area contributed by atoms with Crippen LogP contribution in [0.25, 0.3) is 5.57 Å². The van der Waals surface area contributed by atoms with E-state index in [2.05, 4.69) is 14.8 Å². The van der Waals surface area contributed by atoms with Crippen molar-refractivity contribution < 1.29 is 26.4 Å².